The van der Waals surface area contributed by atoms with Crippen molar-refractivity contribution in [3.63, 3.8) is 0 Å². The molecule has 0 rings (SSSR count). The molecular weight excluding hydrogens is 657 g/mol. The van der Waals surface area contributed by atoms with E-state index in [1.54, 1.807) is 0 Å². The second-order valence-corrected chi connectivity index (χ2v) is 29.1. The Kier molecular flexibility index (Phi) is 64.6. The van der Waals surface area contributed by atoms with Crippen LogP contribution in [-0.2, 0) is 31.3 Å². The second-order valence-electron chi connectivity index (χ2n) is 13.0. The molecule has 11 heteroatoms. The van der Waals surface area contributed by atoms with Crippen molar-refractivity contribution in [1.29, 1.82) is 0 Å². The molecule has 7 nitrogen and oxygen atoms in total. The van der Waals surface area contributed by atoms with Crippen LogP contribution >= 0.6 is 0 Å². The van der Waals surface area contributed by atoms with E-state index in [1.165, 1.54) is 0 Å². The summed E-state index contributed by atoms with van der Waals surface area (Å²) >= 11 is 0. The van der Waals surface area contributed by atoms with E-state index in [9.17, 15) is 0 Å². The van der Waals surface area contributed by atoms with Gasteiger partial charge in [0, 0.05) is 26.4 Å². The van der Waals surface area contributed by atoms with Gasteiger partial charge in [0.25, 0.3) is 0 Å². The summed E-state index contributed by atoms with van der Waals surface area (Å²) in [6.07, 6.45) is 2.02. The van der Waals surface area contributed by atoms with Crippen LogP contribution in [0.4, 0.5) is 0 Å². The SMILES string of the molecule is C.C.C.C.C.C.C.C.C.C.CC(C)COCCOCCC[Si](C)(C)O[Si](C)(C)O[Si](C)(C)O[Si](C)(C)CCCOCCOCC(C)C. The zero-order chi connectivity index (χ0) is 28.6. The summed E-state index contributed by atoms with van der Waals surface area (Å²) in [7, 11) is -8.34. The fourth-order valence-electron chi connectivity index (χ4n) is 4.34. The molecule has 0 unspecified atom stereocenters. The van der Waals surface area contributed by atoms with Crippen LogP contribution in [0.15, 0.2) is 0 Å². The van der Waals surface area contributed by atoms with Gasteiger partial charge in [0.1, 0.15) is 0 Å². The molecule has 0 aliphatic carbocycles. The van der Waals surface area contributed by atoms with Gasteiger partial charge in [-0.3, -0.25) is 0 Å². The normalized spacial score (nSPS) is 10.9. The van der Waals surface area contributed by atoms with Crippen molar-refractivity contribution >= 4 is 33.8 Å². The van der Waals surface area contributed by atoms with Crippen LogP contribution in [0, 0.1) is 11.8 Å². The molecule has 0 saturated heterocycles. The van der Waals surface area contributed by atoms with E-state index < -0.39 is 33.8 Å². The van der Waals surface area contributed by atoms with Gasteiger partial charge in [-0.1, -0.05) is 102 Å². The zero-order valence-electron chi connectivity index (χ0n) is 26.5. The highest BCUT2D eigenvalue weighted by Crippen LogP contribution is 2.27. The van der Waals surface area contributed by atoms with Crippen molar-refractivity contribution in [2.45, 2.75) is 179 Å². The fourth-order valence-corrected chi connectivity index (χ4v) is 23.6. The van der Waals surface area contributed by atoms with Crippen LogP contribution in [0.1, 0.15) is 115 Å². The first kappa shape index (κ1) is 77.2. The summed E-state index contributed by atoms with van der Waals surface area (Å²) < 4.78 is 42.8. The Hall–Kier alpha value is 0.588. The van der Waals surface area contributed by atoms with Crippen molar-refractivity contribution in [3.8, 4) is 0 Å². The molecule has 0 N–H and O–H groups in total. The molecule has 0 saturated carbocycles. The van der Waals surface area contributed by atoms with E-state index in [1.807, 2.05) is 0 Å². The quantitative estimate of drug-likeness (QED) is 0.0717. The van der Waals surface area contributed by atoms with E-state index in [0.717, 1.165) is 51.4 Å². The first-order valence-electron chi connectivity index (χ1n) is 14.4. The summed E-state index contributed by atoms with van der Waals surface area (Å²) in [5, 5.41) is 0. The van der Waals surface area contributed by atoms with Gasteiger partial charge in [-0.2, -0.15) is 0 Å². The minimum absolute atomic E-state index is 0. The van der Waals surface area contributed by atoms with Gasteiger partial charge in [-0.15, -0.1) is 0 Å². The Balaban J connectivity index is -0.000000144. The van der Waals surface area contributed by atoms with Crippen molar-refractivity contribution in [2.24, 2.45) is 11.8 Å². The topological polar surface area (TPSA) is 64.6 Å². The first-order chi connectivity index (χ1) is 17.0. The van der Waals surface area contributed by atoms with Crippen LogP contribution < -0.4 is 0 Å². The smallest absolute Gasteiger partial charge is 0.312 e. The summed E-state index contributed by atoms with van der Waals surface area (Å²) in [4.78, 5) is 0. The first-order valence-corrected chi connectivity index (χ1v) is 26.2. The van der Waals surface area contributed by atoms with E-state index in [-0.39, 0.29) is 74.3 Å². The lowest BCUT2D eigenvalue weighted by molar-refractivity contribution is 0.0378. The monoisotopic (exact) mass is 759 g/mol. The molecule has 0 aliphatic heterocycles. The third kappa shape index (κ3) is 51.1. The highest BCUT2D eigenvalue weighted by Gasteiger charge is 2.43. The summed E-state index contributed by atoms with van der Waals surface area (Å²) in [6.45, 7) is 32.2. The van der Waals surface area contributed by atoms with E-state index in [2.05, 4.69) is 80.1 Å². The highest BCUT2D eigenvalue weighted by molar-refractivity contribution is 6.89. The Morgan fingerprint density at radius 3 is 0.872 bits per heavy atom. The Labute approximate surface area is 308 Å². The minimum Gasteiger partial charge on any atom is -0.436 e. The number of hydrogen-bond acceptors (Lipinski definition) is 7. The van der Waals surface area contributed by atoms with Crippen molar-refractivity contribution in [1.82, 2.24) is 0 Å². The molecule has 0 amide bonds. The molecule has 0 radical (unpaired) electrons. The molecule has 0 aromatic heterocycles. The fraction of sp³-hybridized carbons (Fsp3) is 1.00. The van der Waals surface area contributed by atoms with Crippen LogP contribution in [-0.4, -0.2) is 86.6 Å². The van der Waals surface area contributed by atoms with Crippen molar-refractivity contribution in [2.75, 3.05) is 52.9 Å². The molecule has 0 fully saturated rings. The molecule has 0 spiro atoms. The van der Waals surface area contributed by atoms with Crippen LogP contribution in [0.25, 0.3) is 0 Å². The number of ether oxygens (including phenoxy) is 4. The Morgan fingerprint density at radius 1 is 0.362 bits per heavy atom. The average Bonchev–Trinajstić information content (AvgIpc) is 2.68. The molecule has 0 heterocycles. The van der Waals surface area contributed by atoms with Gasteiger partial charge >= 0.3 is 17.1 Å². The van der Waals surface area contributed by atoms with Crippen LogP contribution in [0.2, 0.25) is 64.5 Å². The van der Waals surface area contributed by atoms with Gasteiger partial charge in [0.05, 0.1) is 26.4 Å². The lowest BCUT2D eigenvalue weighted by Crippen LogP contribution is -2.56. The lowest BCUT2D eigenvalue weighted by Gasteiger charge is -2.41. The Bertz CT molecular complexity index is 530. The summed E-state index contributed by atoms with van der Waals surface area (Å²) in [6, 6.07) is 2.12. The predicted molar refractivity (Wildman–Crippen MR) is 232 cm³/mol. The maximum absolute atomic E-state index is 6.72. The largest absolute Gasteiger partial charge is 0.436 e. The Morgan fingerprint density at radius 2 is 0.617 bits per heavy atom. The van der Waals surface area contributed by atoms with E-state index in [0.29, 0.717) is 38.3 Å². The van der Waals surface area contributed by atoms with Gasteiger partial charge < -0.3 is 31.3 Å². The van der Waals surface area contributed by atoms with Gasteiger partial charge in [-0.05, 0) is 89.1 Å². The molecule has 0 aliphatic rings. The molecule has 0 bridgehead atoms. The molecule has 0 atom stereocenters. The zero-order valence-corrected chi connectivity index (χ0v) is 30.5. The molecule has 0 aromatic rings. The van der Waals surface area contributed by atoms with Crippen molar-refractivity contribution < 1.29 is 31.3 Å². The lowest BCUT2D eigenvalue weighted by atomic mass is 10.2. The van der Waals surface area contributed by atoms with Crippen molar-refractivity contribution in [3.05, 3.63) is 0 Å². The molecule has 0 aromatic carbocycles. The van der Waals surface area contributed by atoms with Gasteiger partial charge in [0.2, 0.25) is 0 Å². The van der Waals surface area contributed by atoms with Gasteiger partial charge in [-0.25, -0.2) is 0 Å². The average molecular weight is 760 g/mol. The van der Waals surface area contributed by atoms with Crippen LogP contribution in [0.3, 0.4) is 0 Å². The molecular formula is C36H102O7Si4. The van der Waals surface area contributed by atoms with Crippen LogP contribution in [0.5, 0.6) is 0 Å². The summed E-state index contributed by atoms with van der Waals surface area (Å²) in [5.74, 6) is 1.13. The minimum atomic E-state index is -2.31. The maximum Gasteiger partial charge on any atom is 0.312 e. The number of hydrogen-bond donors (Lipinski definition) is 0. The molecule has 304 valence electrons. The molecule has 47 heavy (non-hydrogen) atoms. The second kappa shape index (κ2) is 39.4. The van der Waals surface area contributed by atoms with E-state index in [4.69, 9.17) is 31.3 Å². The summed E-state index contributed by atoms with van der Waals surface area (Å²) in [5.41, 5.74) is 0. The van der Waals surface area contributed by atoms with E-state index >= 15 is 0 Å². The maximum atomic E-state index is 6.72. The third-order valence-corrected chi connectivity index (χ3v) is 20.7. The predicted octanol–water partition coefficient (Wildman–Crippen LogP) is 13.4. The standard InChI is InChI=1S/C26H62O7Si4.10CH4/c1-25(2)23-29-19-17-27-15-13-21-34(5,6)31-36(9,10)33-37(11,12)32-35(7,8)22-14-16-28-18-20-30-24-26(3)4;;;;;;;;;;/h25-26H,13-24H2,1-12H3;10*1H4. The number of rotatable bonds is 24. The van der Waals surface area contributed by atoms with Gasteiger partial charge in [0.15, 0.2) is 16.6 Å². The highest BCUT2D eigenvalue weighted by atomic mass is 28.5. The third-order valence-electron chi connectivity index (χ3n) is 5.32.